The summed E-state index contributed by atoms with van der Waals surface area (Å²) in [6, 6.07) is 2.06. The van der Waals surface area contributed by atoms with Crippen molar-refractivity contribution in [3.8, 4) is 34.5 Å². The second-order valence-electron chi connectivity index (χ2n) is 4.92. The van der Waals surface area contributed by atoms with Crippen molar-refractivity contribution in [2.45, 2.75) is 0 Å². The SMILES string of the molecule is COc1nnc(-c2[nH]c3cc(Cl)c(OC)nc3c2-c2cn[nH]c2)[nH]1. The van der Waals surface area contributed by atoms with Gasteiger partial charge in [-0.25, -0.2) is 4.98 Å². The molecule has 4 aromatic heterocycles. The van der Waals surface area contributed by atoms with Gasteiger partial charge in [-0.15, -0.1) is 5.10 Å². The third-order valence-electron chi connectivity index (χ3n) is 3.57. The lowest BCUT2D eigenvalue weighted by atomic mass is 10.1. The van der Waals surface area contributed by atoms with E-state index in [0.29, 0.717) is 33.9 Å². The van der Waals surface area contributed by atoms with E-state index in [1.165, 1.54) is 14.2 Å². The highest BCUT2D eigenvalue weighted by Gasteiger charge is 2.21. The van der Waals surface area contributed by atoms with Crippen LogP contribution in [-0.2, 0) is 0 Å². The molecule has 0 fully saturated rings. The molecular weight excluding hydrogens is 334 g/mol. The number of nitrogens with one attached hydrogen (secondary N) is 3. The van der Waals surface area contributed by atoms with Crippen LogP contribution >= 0.6 is 11.6 Å². The van der Waals surface area contributed by atoms with Crippen LogP contribution in [0.4, 0.5) is 0 Å². The molecule has 3 N–H and O–H groups in total. The third-order valence-corrected chi connectivity index (χ3v) is 3.84. The molecule has 0 aliphatic heterocycles. The van der Waals surface area contributed by atoms with Crippen molar-refractivity contribution in [3.05, 3.63) is 23.5 Å². The molecule has 122 valence electrons. The Kier molecular flexibility index (Phi) is 3.35. The van der Waals surface area contributed by atoms with Crippen LogP contribution in [0.2, 0.25) is 5.02 Å². The molecule has 24 heavy (non-hydrogen) atoms. The Hall–Kier alpha value is -3.07. The van der Waals surface area contributed by atoms with Gasteiger partial charge in [0.2, 0.25) is 5.88 Å². The highest BCUT2D eigenvalue weighted by Crippen LogP contribution is 2.38. The van der Waals surface area contributed by atoms with E-state index in [2.05, 4.69) is 35.3 Å². The number of H-pyrrole nitrogens is 3. The maximum Gasteiger partial charge on any atom is 0.314 e. The summed E-state index contributed by atoms with van der Waals surface area (Å²) in [5.74, 6) is 0.853. The number of halogens is 1. The van der Waals surface area contributed by atoms with Gasteiger partial charge in [0.05, 0.1) is 31.6 Å². The minimum atomic E-state index is 0.311. The molecule has 0 radical (unpaired) electrons. The van der Waals surface area contributed by atoms with Gasteiger partial charge in [-0.3, -0.25) is 10.1 Å². The Morgan fingerprint density at radius 2 is 2.00 bits per heavy atom. The number of aromatic nitrogens is 7. The van der Waals surface area contributed by atoms with Crippen LogP contribution in [0.15, 0.2) is 18.5 Å². The number of methoxy groups -OCH3 is 2. The number of hydrogen-bond donors (Lipinski definition) is 3. The van der Waals surface area contributed by atoms with Gasteiger partial charge >= 0.3 is 6.01 Å². The van der Waals surface area contributed by atoms with E-state index >= 15 is 0 Å². The second kappa shape index (κ2) is 5.53. The predicted octanol–water partition coefficient (Wildman–Crippen LogP) is 2.41. The summed E-state index contributed by atoms with van der Waals surface area (Å²) in [5, 5.41) is 15.2. The summed E-state index contributed by atoms with van der Waals surface area (Å²) in [5.41, 5.74) is 3.75. The molecule has 4 aromatic rings. The van der Waals surface area contributed by atoms with Gasteiger partial charge in [-0.05, 0) is 6.07 Å². The number of ether oxygens (including phenoxy) is 2. The van der Waals surface area contributed by atoms with Gasteiger partial charge in [0.1, 0.15) is 10.5 Å². The van der Waals surface area contributed by atoms with Crippen LogP contribution in [0.3, 0.4) is 0 Å². The Labute approximate surface area is 140 Å². The van der Waals surface area contributed by atoms with Crippen molar-refractivity contribution < 1.29 is 9.47 Å². The average molecular weight is 346 g/mol. The van der Waals surface area contributed by atoms with E-state index < -0.39 is 0 Å². The number of aromatic amines is 3. The summed E-state index contributed by atoms with van der Waals surface area (Å²) < 4.78 is 10.3. The molecule has 0 saturated carbocycles. The van der Waals surface area contributed by atoms with Crippen LogP contribution in [0.5, 0.6) is 11.9 Å². The van der Waals surface area contributed by atoms with E-state index in [0.717, 1.165) is 16.6 Å². The van der Waals surface area contributed by atoms with Gasteiger partial charge in [0.25, 0.3) is 0 Å². The summed E-state index contributed by atoms with van der Waals surface area (Å²) in [6.45, 7) is 0. The van der Waals surface area contributed by atoms with Crippen molar-refractivity contribution in [1.82, 2.24) is 35.3 Å². The topological polar surface area (TPSA) is 117 Å². The lowest BCUT2D eigenvalue weighted by molar-refractivity contribution is 0.382. The fourth-order valence-corrected chi connectivity index (χ4v) is 2.74. The molecular formula is C14H12ClN7O2. The molecule has 9 nitrogen and oxygen atoms in total. The molecule has 4 rings (SSSR count). The molecule has 0 atom stereocenters. The molecule has 0 aromatic carbocycles. The van der Waals surface area contributed by atoms with E-state index in [-0.39, 0.29) is 0 Å². The van der Waals surface area contributed by atoms with Crippen molar-refractivity contribution in [2.24, 2.45) is 0 Å². The number of pyridine rings is 1. The van der Waals surface area contributed by atoms with Crippen LogP contribution in [-0.4, -0.2) is 49.6 Å². The number of rotatable bonds is 4. The molecule has 0 spiro atoms. The first-order chi connectivity index (χ1) is 11.7. The minimum Gasteiger partial charge on any atom is -0.480 e. The smallest absolute Gasteiger partial charge is 0.314 e. The first kappa shape index (κ1) is 14.5. The molecule has 0 aliphatic rings. The Bertz CT molecular complexity index is 1010. The molecule has 0 saturated heterocycles. The quantitative estimate of drug-likeness (QED) is 0.523. The summed E-state index contributed by atoms with van der Waals surface area (Å²) in [4.78, 5) is 10.8. The lowest BCUT2D eigenvalue weighted by Crippen LogP contribution is -1.89. The van der Waals surface area contributed by atoms with Crippen LogP contribution in [0.1, 0.15) is 0 Å². The van der Waals surface area contributed by atoms with Gasteiger partial charge in [0, 0.05) is 17.3 Å². The number of nitrogens with zero attached hydrogens (tertiary/aromatic N) is 4. The normalized spacial score (nSPS) is 11.1. The lowest BCUT2D eigenvalue weighted by Gasteiger charge is -2.02. The molecule has 0 aliphatic carbocycles. The summed E-state index contributed by atoms with van der Waals surface area (Å²) in [6.07, 6.45) is 3.46. The maximum absolute atomic E-state index is 6.18. The fourth-order valence-electron chi connectivity index (χ4n) is 2.51. The summed E-state index contributed by atoms with van der Waals surface area (Å²) in [7, 11) is 3.03. The molecule has 0 amide bonds. The molecule has 10 heteroatoms. The van der Waals surface area contributed by atoms with E-state index in [1.54, 1.807) is 18.5 Å². The van der Waals surface area contributed by atoms with Gasteiger partial charge in [-0.1, -0.05) is 16.7 Å². The van der Waals surface area contributed by atoms with Crippen LogP contribution in [0, 0.1) is 0 Å². The minimum absolute atomic E-state index is 0.311. The standard InChI is InChI=1S/C14H12ClN7O2/c1-23-13-7(15)3-8-10(19-13)9(6-4-16-17-5-6)11(18-8)12-20-14(24-2)22-21-12/h3-5,18H,1-2H3,(H,16,17)(H,20,21,22). The monoisotopic (exact) mass is 345 g/mol. The van der Waals surface area contributed by atoms with Crippen molar-refractivity contribution >= 4 is 22.6 Å². The Morgan fingerprint density at radius 1 is 1.12 bits per heavy atom. The van der Waals surface area contributed by atoms with E-state index in [1.807, 2.05) is 0 Å². The van der Waals surface area contributed by atoms with Crippen LogP contribution < -0.4 is 9.47 Å². The number of hydrogen-bond acceptors (Lipinski definition) is 6. The zero-order valence-corrected chi connectivity index (χ0v) is 13.5. The third kappa shape index (κ3) is 2.17. The second-order valence-corrected chi connectivity index (χ2v) is 5.33. The van der Waals surface area contributed by atoms with E-state index in [4.69, 9.17) is 21.1 Å². The van der Waals surface area contributed by atoms with Crippen LogP contribution in [0.25, 0.3) is 33.7 Å². The Morgan fingerprint density at radius 3 is 2.67 bits per heavy atom. The highest BCUT2D eigenvalue weighted by molar-refractivity contribution is 6.32. The predicted molar refractivity (Wildman–Crippen MR) is 87.2 cm³/mol. The van der Waals surface area contributed by atoms with Crippen molar-refractivity contribution in [1.29, 1.82) is 0 Å². The zero-order chi connectivity index (χ0) is 16.7. The first-order valence-electron chi connectivity index (χ1n) is 6.93. The largest absolute Gasteiger partial charge is 0.480 e. The van der Waals surface area contributed by atoms with Gasteiger partial charge < -0.3 is 14.5 Å². The average Bonchev–Trinajstić information content (AvgIpc) is 3.31. The Balaban J connectivity index is 2.03. The molecule has 4 heterocycles. The first-order valence-corrected chi connectivity index (χ1v) is 7.31. The number of fused-ring (bicyclic) bond motifs is 1. The molecule has 0 unspecified atom stereocenters. The van der Waals surface area contributed by atoms with Crippen molar-refractivity contribution in [3.63, 3.8) is 0 Å². The molecule has 0 bridgehead atoms. The highest BCUT2D eigenvalue weighted by atomic mass is 35.5. The zero-order valence-electron chi connectivity index (χ0n) is 12.7. The van der Waals surface area contributed by atoms with Crippen molar-refractivity contribution in [2.75, 3.05) is 14.2 Å². The van der Waals surface area contributed by atoms with E-state index in [9.17, 15) is 0 Å². The maximum atomic E-state index is 6.18. The summed E-state index contributed by atoms with van der Waals surface area (Å²) >= 11 is 6.18. The van der Waals surface area contributed by atoms with Gasteiger partial charge in [0.15, 0.2) is 5.82 Å². The van der Waals surface area contributed by atoms with Gasteiger partial charge in [-0.2, -0.15) is 5.10 Å². The fraction of sp³-hybridized carbons (Fsp3) is 0.143.